The normalized spacial score (nSPS) is 12.6. The Labute approximate surface area is 149 Å². The fraction of sp³-hybridized carbons (Fsp3) is 0.278. The van der Waals surface area contributed by atoms with Crippen LogP contribution in [0.5, 0.6) is 5.88 Å². The van der Waals surface area contributed by atoms with Gasteiger partial charge in [-0.1, -0.05) is 0 Å². The van der Waals surface area contributed by atoms with Crippen molar-refractivity contribution in [3.05, 3.63) is 36.7 Å². The SMILES string of the molecule is COc1nccc2oc(-c3cnc4ccc(N(C)CC(C)O)nn34)cc12. The van der Waals surface area contributed by atoms with Crippen molar-refractivity contribution in [3.8, 4) is 17.3 Å². The van der Waals surface area contributed by atoms with E-state index in [9.17, 15) is 5.11 Å². The number of aliphatic hydroxyl groups is 1. The zero-order chi connectivity index (χ0) is 18.3. The molecule has 8 heteroatoms. The quantitative estimate of drug-likeness (QED) is 0.589. The van der Waals surface area contributed by atoms with E-state index >= 15 is 0 Å². The Morgan fingerprint density at radius 2 is 2.15 bits per heavy atom. The second-order valence-electron chi connectivity index (χ2n) is 6.18. The van der Waals surface area contributed by atoms with Gasteiger partial charge in [-0.25, -0.2) is 14.5 Å². The number of imidazole rings is 1. The second-order valence-corrected chi connectivity index (χ2v) is 6.18. The molecule has 0 spiro atoms. The number of anilines is 1. The molecule has 0 fully saturated rings. The molecule has 1 N–H and O–H groups in total. The molecular formula is C18H19N5O3. The first-order valence-corrected chi connectivity index (χ1v) is 8.23. The number of rotatable bonds is 5. The number of nitrogens with zero attached hydrogens (tertiary/aromatic N) is 5. The second kappa shape index (κ2) is 6.30. The Kier molecular flexibility index (Phi) is 3.96. The molecular weight excluding hydrogens is 334 g/mol. The molecule has 0 aliphatic rings. The van der Waals surface area contributed by atoms with Crippen LogP contribution in [-0.4, -0.2) is 51.5 Å². The largest absolute Gasteiger partial charge is 0.480 e. The predicted molar refractivity (Wildman–Crippen MR) is 97.5 cm³/mol. The van der Waals surface area contributed by atoms with Crippen molar-refractivity contribution in [1.82, 2.24) is 19.6 Å². The summed E-state index contributed by atoms with van der Waals surface area (Å²) >= 11 is 0. The monoisotopic (exact) mass is 353 g/mol. The predicted octanol–water partition coefficient (Wildman–Crippen LogP) is 2.36. The summed E-state index contributed by atoms with van der Waals surface area (Å²) in [7, 11) is 3.46. The summed E-state index contributed by atoms with van der Waals surface area (Å²) in [6.45, 7) is 2.23. The van der Waals surface area contributed by atoms with Crippen LogP contribution in [0.15, 0.2) is 41.1 Å². The number of ether oxygens (including phenoxy) is 1. The summed E-state index contributed by atoms with van der Waals surface area (Å²) in [6, 6.07) is 7.42. The van der Waals surface area contributed by atoms with Gasteiger partial charge in [-0.2, -0.15) is 0 Å². The van der Waals surface area contributed by atoms with Crippen LogP contribution in [0, 0.1) is 0 Å². The number of aliphatic hydroxyl groups excluding tert-OH is 1. The lowest BCUT2D eigenvalue weighted by molar-refractivity contribution is 0.201. The van der Waals surface area contributed by atoms with Crippen LogP contribution < -0.4 is 9.64 Å². The molecule has 4 rings (SSSR count). The molecule has 0 aliphatic carbocycles. The van der Waals surface area contributed by atoms with E-state index in [0.29, 0.717) is 29.4 Å². The minimum Gasteiger partial charge on any atom is -0.480 e. The van der Waals surface area contributed by atoms with Crippen LogP contribution in [-0.2, 0) is 0 Å². The first kappa shape index (κ1) is 16.3. The van der Waals surface area contributed by atoms with Gasteiger partial charge in [-0.05, 0) is 25.1 Å². The van der Waals surface area contributed by atoms with Crippen LogP contribution in [0.25, 0.3) is 28.1 Å². The van der Waals surface area contributed by atoms with E-state index in [4.69, 9.17) is 9.15 Å². The summed E-state index contributed by atoms with van der Waals surface area (Å²) in [6.07, 6.45) is 2.91. The minimum absolute atomic E-state index is 0.449. The molecule has 4 heterocycles. The highest BCUT2D eigenvalue weighted by Gasteiger charge is 2.16. The van der Waals surface area contributed by atoms with Crippen molar-refractivity contribution in [1.29, 1.82) is 0 Å². The summed E-state index contributed by atoms with van der Waals surface area (Å²) in [5.41, 5.74) is 2.12. The molecule has 0 bridgehead atoms. The number of likely N-dealkylation sites (N-methyl/N-ethyl adjacent to an activating group) is 1. The maximum atomic E-state index is 9.60. The van der Waals surface area contributed by atoms with E-state index in [2.05, 4.69) is 15.1 Å². The molecule has 0 saturated carbocycles. The highest BCUT2D eigenvalue weighted by Crippen LogP contribution is 2.32. The van der Waals surface area contributed by atoms with Crippen LogP contribution in [0.1, 0.15) is 6.92 Å². The molecule has 4 aromatic heterocycles. The van der Waals surface area contributed by atoms with E-state index < -0.39 is 6.10 Å². The summed E-state index contributed by atoms with van der Waals surface area (Å²) < 4.78 is 13.0. The number of hydrogen-bond donors (Lipinski definition) is 1. The van der Waals surface area contributed by atoms with E-state index in [1.807, 2.05) is 30.1 Å². The van der Waals surface area contributed by atoms with Crippen molar-refractivity contribution < 1.29 is 14.3 Å². The Balaban J connectivity index is 1.81. The molecule has 4 aromatic rings. The maximum absolute atomic E-state index is 9.60. The Morgan fingerprint density at radius 1 is 1.31 bits per heavy atom. The lowest BCUT2D eigenvalue weighted by Crippen LogP contribution is -2.28. The molecule has 1 unspecified atom stereocenters. The van der Waals surface area contributed by atoms with Crippen LogP contribution in [0.3, 0.4) is 0 Å². The van der Waals surface area contributed by atoms with Gasteiger partial charge in [0.05, 0.1) is 24.8 Å². The third-order valence-electron chi connectivity index (χ3n) is 4.13. The summed E-state index contributed by atoms with van der Waals surface area (Å²) in [4.78, 5) is 10.5. The van der Waals surface area contributed by atoms with E-state index in [-0.39, 0.29) is 0 Å². The first-order chi connectivity index (χ1) is 12.6. The fourth-order valence-corrected chi connectivity index (χ4v) is 2.95. The minimum atomic E-state index is -0.449. The number of pyridine rings is 1. The smallest absolute Gasteiger partial charge is 0.224 e. The van der Waals surface area contributed by atoms with E-state index in [1.165, 1.54) is 0 Å². The number of furan rings is 1. The standard InChI is InChI=1S/C18H19N5O3/c1-11(24)10-22(2)17-5-4-16-20-9-13(23(16)21-17)15-8-12-14(26-15)6-7-19-18(12)25-3/h4-9,11,24H,10H2,1-3H3. The maximum Gasteiger partial charge on any atom is 0.224 e. The Hall–Kier alpha value is -3.13. The van der Waals surface area contributed by atoms with Gasteiger partial charge in [0.1, 0.15) is 17.1 Å². The van der Waals surface area contributed by atoms with Crippen LogP contribution >= 0.6 is 0 Å². The van der Waals surface area contributed by atoms with Crippen molar-refractivity contribution >= 4 is 22.4 Å². The van der Waals surface area contributed by atoms with Gasteiger partial charge in [0.25, 0.3) is 0 Å². The molecule has 0 saturated heterocycles. The topological polar surface area (TPSA) is 88.9 Å². The highest BCUT2D eigenvalue weighted by atomic mass is 16.5. The first-order valence-electron chi connectivity index (χ1n) is 8.23. The zero-order valence-corrected chi connectivity index (χ0v) is 14.7. The summed E-state index contributed by atoms with van der Waals surface area (Å²) in [5, 5.41) is 15.0. The van der Waals surface area contributed by atoms with E-state index in [1.54, 1.807) is 37.0 Å². The molecule has 0 radical (unpaired) electrons. The molecule has 1 atom stereocenters. The number of fused-ring (bicyclic) bond motifs is 2. The number of methoxy groups -OCH3 is 1. The third-order valence-corrected chi connectivity index (χ3v) is 4.13. The molecule has 8 nitrogen and oxygen atoms in total. The zero-order valence-electron chi connectivity index (χ0n) is 14.7. The lowest BCUT2D eigenvalue weighted by atomic mass is 10.3. The van der Waals surface area contributed by atoms with Gasteiger partial charge >= 0.3 is 0 Å². The van der Waals surface area contributed by atoms with Crippen LogP contribution in [0.2, 0.25) is 0 Å². The Bertz CT molecular complexity index is 1070. The molecule has 0 aliphatic heterocycles. The van der Waals surface area contributed by atoms with Crippen molar-refractivity contribution in [2.75, 3.05) is 25.6 Å². The average molecular weight is 353 g/mol. The highest BCUT2D eigenvalue weighted by molar-refractivity contribution is 5.86. The molecule has 134 valence electrons. The lowest BCUT2D eigenvalue weighted by Gasteiger charge is -2.19. The van der Waals surface area contributed by atoms with Gasteiger partial charge < -0.3 is 19.2 Å². The number of hydrogen-bond acceptors (Lipinski definition) is 7. The third kappa shape index (κ3) is 2.74. The number of aromatic nitrogens is 4. The van der Waals surface area contributed by atoms with Crippen LogP contribution in [0.4, 0.5) is 5.82 Å². The molecule has 26 heavy (non-hydrogen) atoms. The van der Waals surface area contributed by atoms with Crippen molar-refractivity contribution in [2.45, 2.75) is 13.0 Å². The summed E-state index contributed by atoms with van der Waals surface area (Å²) in [5.74, 6) is 1.87. The van der Waals surface area contributed by atoms with E-state index in [0.717, 1.165) is 16.9 Å². The Morgan fingerprint density at radius 3 is 2.92 bits per heavy atom. The van der Waals surface area contributed by atoms with Gasteiger partial charge in [0, 0.05) is 25.9 Å². The average Bonchev–Trinajstić information content (AvgIpc) is 3.23. The fourth-order valence-electron chi connectivity index (χ4n) is 2.95. The van der Waals surface area contributed by atoms with Gasteiger partial charge in [-0.15, -0.1) is 5.10 Å². The van der Waals surface area contributed by atoms with Gasteiger partial charge in [-0.3, -0.25) is 0 Å². The van der Waals surface area contributed by atoms with Crippen molar-refractivity contribution in [3.63, 3.8) is 0 Å². The molecule has 0 aromatic carbocycles. The van der Waals surface area contributed by atoms with Gasteiger partial charge in [0.15, 0.2) is 11.4 Å². The van der Waals surface area contributed by atoms with Gasteiger partial charge in [0.2, 0.25) is 5.88 Å². The van der Waals surface area contributed by atoms with Crippen molar-refractivity contribution in [2.24, 2.45) is 0 Å². The molecule has 0 amide bonds.